The molecule has 146 valence electrons. The number of nitrogens with one attached hydrogen (secondary N) is 1. The molecule has 26 heavy (non-hydrogen) atoms. The standard InChI is InChI=1S/C19H33N5O2/c1-22-10-8-20-18(22)15-24(11-12-25)19(26)21-13-16-5-4-9-23(14-16)17-6-2-3-7-17/h8,10,16-17,25H,2-7,9,11-15H2,1H3,(H,21,26)/t16-/m0/s1. The Kier molecular flexibility index (Phi) is 6.91. The molecule has 1 aromatic heterocycles. The van der Waals surface area contributed by atoms with E-state index in [-0.39, 0.29) is 12.6 Å². The average Bonchev–Trinajstić information content (AvgIpc) is 3.32. The maximum absolute atomic E-state index is 12.6. The molecule has 0 unspecified atom stereocenters. The normalized spacial score (nSPS) is 21.8. The SMILES string of the molecule is Cn1ccnc1CN(CCO)C(=O)NC[C@@H]1CCCN(C2CCCC2)C1. The van der Waals surface area contributed by atoms with Crippen molar-refractivity contribution < 1.29 is 9.90 Å². The van der Waals surface area contributed by atoms with Crippen LogP contribution in [0.25, 0.3) is 0 Å². The van der Waals surface area contributed by atoms with E-state index in [0.29, 0.717) is 25.6 Å². The number of piperidine rings is 1. The van der Waals surface area contributed by atoms with E-state index < -0.39 is 0 Å². The highest BCUT2D eigenvalue weighted by Gasteiger charge is 2.28. The fourth-order valence-electron chi connectivity index (χ4n) is 4.30. The van der Waals surface area contributed by atoms with Crippen LogP contribution in [0.3, 0.4) is 0 Å². The number of amides is 2. The Balaban J connectivity index is 1.48. The van der Waals surface area contributed by atoms with Gasteiger partial charge in [0.2, 0.25) is 0 Å². The van der Waals surface area contributed by atoms with Gasteiger partial charge in [-0.2, -0.15) is 0 Å². The van der Waals surface area contributed by atoms with Crippen LogP contribution in [0.2, 0.25) is 0 Å². The number of aryl methyl sites for hydroxylation is 1. The summed E-state index contributed by atoms with van der Waals surface area (Å²) in [4.78, 5) is 21.2. The molecule has 0 bridgehead atoms. The van der Waals surface area contributed by atoms with Gasteiger partial charge in [-0.25, -0.2) is 9.78 Å². The lowest BCUT2D eigenvalue weighted by molar-refractivity contribution is 0.122. The third-order valence-corrected chi connectivity index (χ3v) is 5.84. The fraction of sp³-hybridized carbons (Fsp3) is 0.789. The summed E-state index contributed by atoms with van der Waals surface area (Å²) in [6.07, 6.45) is 11.4. The molecule has 7 heteroatoms. The van der Waals surface area contributed by atoms with Crippen molar-refractivity contribution in [2.45, 2.75) is 51.1 Å². The molecule has 7 nitrogen and oxygen atoms in total. The number of carbonyl (C=O) groups excluding carboxylic acids is 1. The number of hydrogen-bond donors (Lipinski definition) is 2. The molecule has 0 spiro atoms. The van der Waals surface area contributed by atoms with Crippen molar-refractivity contribution in [1.82, 2.24) is 24.7 Å². The van der Waals surface area contributed by atoms with Gasteiger partial charge in [0.15, 0.2) is 0 Å². The lowest BCUT2D eigenvalue weighted by atomic mass is 9.96. The van der Waals surface area contributed by atoms with Crippen LogP contribution >= 0.6 is 0 Å². The maximum Gasteiger partial charge on any atom is 0.317 e. The van der Waals surface area contributed by atoms with Gasteiger partial charge in [0.25, 0.3) is 0 Å². The first-order valence-corrected chi connectivity index (χ1v) is 10.0. The molecule has 2 heterocycles. The Morgan fingerprint density at radius 3 is 2.85 bits per heavy atom. The lowest BCUT2D eigenvalue weighted by Gasteiger charge is -2.37. The minimum absolute atomic E-state index is 0.0449. The zero-order valence-corrected chi connectivity index (χ0v) is 15.9. The highest BCUT2D eigenvalue weighted by molar-refractivity contribution is 5.74. The third kappa shape index (κ3) is 4.98. The Hall–Kier alpha value is -1.60. The van der Waals surface area contributed by atoms with Crippen LogP contribution in [-0.4, -0.2) is 69.3 Å². The van der Waals surface area contributed by atoms with Crippen molar-refractivity contribution in [3.63, 3.8) is 0 Å². The fourth-order valence-corrected chi connectivity index (χ4v) is 4.30. The zero-order chi connectivity index (χ0) is 18.4. The molecular weight excluding hydrogens is 330 g/mol. The topological polar surface area (TPSA) is 73.6 Å². The first-order chi connectivity index (χ1) is 12.7. The van der Waals surface area contributed by atoms with Crippen molar-refractivity contribution in [2.75, 3.05) is 32.8 Å². The van der Waals surface area contributed by atoms with Gasteiger partial charge in [-0.1, -0.05) is 12.8 Å². The van der Waals surface area contributed by atoms with E-state index in [4.69, 9.17) is 0 Å². The minimum atomic E-state index is -0.111. The Morgan fingerprint density at radius 2 is 2.15 bits per heavy atom. The molecule has 1 atom stereocenters. The molecule has 0 radical (unpaired) electrons. The van der Waals surface area contributed by atoms with Crippen LogP contribution in [0.15, 0.2) is 12.4 Å². The third-order valence-electron chi connectivity index (χ3n) is 5.84. The van der Waals surface area contributed by atoms with Crippen molar-refractivity contribution >= 4 is 6.03 Å². The van der Waals surface area contributed by atoms with Crippen LogP contribution in [0.5, 0.6) is 0 Å². The summed E-state index contributed by atoms with van der Waals surface area (Å²) < 4.78 is 1.90. The van der Waals surface area contributed by atoms with Gasteiger partial charge < -0.3 is 24.8 Å². The van der Waals surface area contributed by atoms with Crippen LogP contribution in [-0.2, 0) is 13.6 Å². The van der Waals surface area contributed by atoms with E-state index in [1.165, 1.54) is 45.1 Å². The highest BCUT2D eigenvalue weighted by Crippen LogP contribution is 2.27. The second-order valence-electron chi connectivity index (χ2n) is 7.73. The predicted molar refractivity (Wildman–Crippen MR) is 101 cm³/mol. The average molecular weight is 364 g/mol. The Bertz CT molecular complexity index is 570. The maximum atomic E-state index is 12.6. The summed E-state index contributed by atoms with van der Waals surface area (Å²) in [6, 6.07) is 0.655. The van der Waals surface area contributed by atoms with E-state index in [2.05, 4.69) is 15.2 Å². The number of rotatable bonds is 7. The summed E-state index contributed by atoms with van der Waals surface area (Å²) in [5, 5.41) is 12.4. The van der Waals surface area contributed by atoms with Gasteiger partial charge in [0, 0.05) is 45.1 Å². The van der Waals surface area contributed by atoms with Gasteiger partial charge >= 0.3 is 6.03 Å². The number of hydrogen-bond acceptors (Lipinski definition) is 4. The molecule has 1 aromatic rings. The summed E-state index contributed by atoms with van der Waals surface area (Å²) in [6.45, 7) is 3.71. The molecule has 3 rings (SSSR count). The quantitative estimate of drug-likeness (QED) is 0.771. The van der Waals surface area contributed by atoms with Gasteiger partial charge in [-0.15, -0.1) is 0 Å². The van der Waals surface area contributed by atoms with Crippen molar-refractivity contribution in [1.29, 1.82) is 0 Å². The second-order valence-corrected chi connectivity index (χ2v) is 7.73. The number of aliphatic hydroxyl groups excluding tert-OH is 1. The monoisotopic (exact) mass is 363 g/mol. The van der Waals surface area contributed by atoms with Gasteiger partial charge in [0.05, 0.1) is 13.2 Å². The first-order valence-electron chi connectivity index (χ1n) is 10.0. The number of urea groups is 1. The molecule has 1 saturated heterocycles. The number of imidazole rings is 1. The molecule has 1 saturated carbocycles. The van der Waals surface area contributed by atoms with Crippen molar-refractivity contribution in [3.05, 3.63) is 18.2 Å². The summed E-state index contributed by atoms with van der Waals surface area (Å²) in [5.41, 5.74) is 0. The molecule has 0 aromatic carbocycles. The van der Waals surface area contributed by atoms with E-state index in [1.54, 1.807) is 11.1 Å². The predicted octanol–water partition coefficient (Wildman–Crippen LogP) is 1.58. The van der Waals surface area contributed by atoms with E-state index in [1.807, 2.05) is 17.8 Å². The second kappa shape index (κ2) is 9.37. The largest absolute Gasteiger partial charge is 0.395 e. The van der Waals surface area contributed by atoms with E-state index in [0.717, 1.165) is 18.4 Å². The summed E-state index contributed by atoms with van der Waals surface area (Å²) in [7, 11) is 1.91. The number of aliphatic hydroxyl groups is 1. The smallest absolute Gasteiger partial charge is 0.317 e. The Morgan fingerprint density at radius 1 is 1.35 bits per heavy atom. The van der Waals surface area contributed by atoms with Crippen LogP contribution < -0.4 is 5.32 Å². The highest BCUT2D eigenvalue weighted by atomic mass is 16.3. The lowest BCUT2D eigenvalue weighted by Crippen LogP contribution is -2.47. The summed E-state index contributed by atoms with van der Waals surface area (Å²) >= 11 is 0. The molecule has 2 amide bonds. The van der Waals surface area contributed by atoms with Crippen molar-refractivity contribution in [3.8, 4) is 0 Å². The molecular formula is C19H33N5O2. The number of aromatic nitrogens is 2. The molecule has 2 aliphatic rings. The van der Waals surface area contributed by atoms with E-state index in [9.17, 15) is 9.90 Å². The van der Waals surface area contributed by atoms with Gasteiger partial charge in [0.1, 0.15) is 5.82 Å². The van der Waals surface area contributed by atoms with Crippen molar-refractivity contribution in [2.24, 2.45) is 13.0 Å². The van der Waals surface area contributed by atoms with Gasteiger partial charge in [-0.05, 0) is 38.1 Å². The number of carbonyl (C=O) groups is 1. The summed E-state index contributed by atoms with van der Waals surface area (Å²) in [5.74, 6) is 1.34. The van der Waals surface area contributed by atoms with Crippen LogP contribution in [0.1, 0.15) is 44.3 Å². The van der Waals surface area contributed by atoms with Crippen LogP contribution in [0, 0.1) is 5.92 Å². The Labute approximate surface area is 156 Å². The number of likely N-dealkylation sites (tertiary alicyclic amines) is 1. The first kappa shape index (κ1) is 19.2. The zero-order valence-electron chi connectivity index (χ0n) is 15.9. The van der Waals surface area contributed by atoms with Gasteiger partial charge in [-0.3, -0.25) is 0 Å². The van der Waals surface area contributed by atoms with Crippen LogP contribution in [0.4, 0.5) is 4.79 Å². The molecule has 1 aliphatic heterocycles. The number of nitrogens with zero attached hydrogens (tertiary/aromatic N) is 4. The molecule has 2 fully saturated rings. The molecule has 2 N–H and O–H groups in total. The molecule has 1 aliphatic carbocycles. The minimum Gasteiger partial charge on any atom is -0.395 e. The van der Waals surface area contributed by atoms with E-state index >= 15 is 0 Å².